The summed E-state index contributed by atoms with van der Waals surface area (Å²) in [6.45, 7) is 4.56. The van der Waals surface area contributed by atoms with Crippen molar-refractivity contribution in [1.82, 2.24) is 0 Å². The number of allylic oxidation sites excluding steroid dienone is 26. The molecule has 0 saturated carbocycles. The van der Waals surface area contributed by atoms with Crippen molar-refractivity contribution in [3.63, 3.8) is 0 Å². The largest absolute Gasteiger partial charge is 0.472 e. The maximum atomic E-state index is 13.1. The lowest BCUT2D eigenvalue weighted by Gasteiger charge is -2.21. The fraction of sp³-hybridized carbons (Fsp3) is 0.663. The van der Waals surface area contributed by atoms with Gasteiger partial charge in [0.2, 0.25) is 0 Å². The second kappa shape index (κ2) is 79.8. The van der Waals surface area contributed by atoms with E-state index in [0.717, 1.165) is 161 Å². The van der Waals surface area contributed by atoms with Crippen molar-refractivity contribution in [2.24, 2.45) is 0 Å². The molecule has 17 nitrogen and oxygen atoms in total. The van der Waals surface area contributed by atoms with Gasteiger partial charge in [0.1, 0.15) is 19.3 Å². The molecule has 0 aromatic heterocycles. The Kier molecular flexibility index (Phi) is 75.8. The van der Waals surface area contributed by atoms with Gasteiger partial charge in [-0.1, -0.05) is 288 Å². The first-order chi connectivity index (χ1) is 52.7. The van der Waals surface area contributed by atoms with Gasteiger partial charge in [-0.05, 0) is 167 Å². The van der Waals surface area contributed by atoms with Crippen molar-refractivity contribution in [3.05, 3.63) is 158 Å². The molecule has 0 aromatic carbocycles. The fourth-order valence-electron chi connectivity index (χ4n) is 10.6. The quantitative estimate of drug-likeness (QED) is 0.0169. The number of hydrogen-bond donors (Lipinski definition) is 3. The Morgan fingerprint density at radius 3 is 0.833 bits per heavy atom. The van der Waals surface area contributed by atoms with Crippen LogP contribution in [-0.2, 0) is 65.4 Å². The Bertz CT molecular complexity index is 2660. The van der Waals surface area contributed by atoms with Crippen molar-refractivity contribution in [3.8, 4) is 0 Å². The van der Waals surface area contributed by atoms with Gasteiger partial charge in [0.15, 0.2) is 12.2 Å². The van der Waals surface area contributed by atoms with Gasteiger partial charge in [0, 0.05) is 25.7 Å². The first kappa shape index (κ1) is 103. The molecule has 0 bridgehead atoms. The standard InChI is InChI=1S/C89H148O17P2/c1-5-9-13-17-21-25-29-33-37-39-41-43-47-50-54-58-62-66-70-74-87(92)100-80-84(105-88(93)75-71-67-63-59-55-51-46-36-32-28-24-20-16-12-8-4)81-103-107(95,96)101-77-83(90)78-102-108(97,98)104-82-85(79-99-86(91)73-69-65-61-57-53-49-45-35-31-27-23-19-15-11-7-3)106-89(94)76-72-68-64-60-56-52-48-44-42-40-38-34-30-26-22-18-14-10-6-2/h9,13,21-22,24-26,28,33-38,41-46,50,52,54,56,64,68,83-85,90H,5-8,10-12,14-20,23,27,29-32,39-40,47-49,51,53,55,57-63,65-67,69-82H2,1-4H3,(H,95,96)(H,97,98)/b13-9-,25-21-,26-22-,28-24-,37-33-,38-34-,43-41-,44-42-,45-35-,46-36-,54-50-,56-52-,68-64-/t83-,84-,85-/m1/s1. The lowest BCUT2D eigenvalue weighted by molar-refractivity contribution is -0.161. The summed E-state index contributed by atoms with van der Waals surface area (Å²) in [5.41, 5.74) is 0. The van der Waals surface area contributed by atoms with Gasteiger partial charge >= 0.3 is 39.5 Å². The molecule has 3 N–H and O–H groups in total. The van der Waals surface area contributed by atoms with E-state index in [0.29, 0.717) is 32.1 Å². The Morgan fingerprint density at radius 2 is 0.500 bits per heavy atom. The molecule has 616 valence electrons. The minimum atomic E-state index is -5.01. The highest BCUT2D eigenvalue weighted by Gasteiger charge is 2.30. The van der Waals surface area contributed by atoms with Crippen molar-refractivity contribution < 1.29 is 80.2 Å². The smallest absolute Gasteiger partial charge is 0.462 e. The van der Waals surface area contributed by atoms with Crippen LogP contribution >= 0.6 is 15.6 Å². The van der Waals surface area contributed by atoms with Crippen LogP contribution in [0.15, 0.2) is 158 Å². The third kappa shape index (κ3) is 78.8. The number of esters is 4. The zero-order valence-corrected chi connectivity index (χ0v) is 69.3. The molecule has 0 amide bonds. The average Bonchev–Trinajstić information content (AvgIpc) is 0.914. The molecule has 0 radical (unpaired) electrons. The van der Waals surface area contributed by atoms with Gasteiger partial charge in [0.25, 0.3) is 0 Å². The van der Waals surface area contributed by atoms with Crippen LogP contribution in [0.25, 0.3) is 0 Å². The summed E-state index contributed by atoms with van der Waals surface area (Å²) in [6, 6.07) is 0. The second-order valence-corrected chi connectivity index (χ2v) is 30.2. The molecular formula is C89H148O17P2. The van der Waals surface area contributed by atoms with Crippen molar-refractivity contribution in [1.29, 1.82) is 0 Å². The number of aliphatic hydroxyl groups excluding tert-OH is 1. The minimum absolute atomic E-state index is 0.0348. The molecule has 0 aliphatic rings. The van der Waals surface area contributed by atoms with Crippen LogP contribution in [0.1, 0.15) is 323 Å². The molecule has 0 saturated heterocycles. The van der Waals surface area contributed by atoms with Gasteiger partial charge in [-0.2, -0.15) is 0 Å². The summed E-state index contributed by atoms with van der Waals surface area (Å²) in [4.78, 5) is 73.1. The van der Waals surface area contributed by atoms with Crippen LogP contribution < -0.4 is 0 Å². The number of ether oxygens (including phenoxy) is 4. The van der Waals surface area contributed by atoms with Crippen molar-refractivity contribution in [2.45, 2.75) is 341 Å². The molecule has 0 aliphatic heterocycles. The highest BCUT2D eigenvalue weighted by Crippen LogP contribution is 2.45. The molecule has 0 heterocycles. The Hall–Kier alpha value is -5.32. The normalized spacial score (nSPS) is 14.6. The lowest BCUT2D eigenvalue weighted by atomic mass is 10.1. The molecule has 0 rings (SSSR count). The molecule has 5 atom stereocenters. The van der Waals surface area contributed by atoms with Crippen molar-refractivity contribution >= 4 is 39.5 Å². The third-order valence-electron chi connectivity index (χ3n) is 17.0. The van der Waals surface area contributed by atoms with E-state index in [2.05, 4.69) is 167 Å². The van der Waals surface area contributed by atoms with E-state index in [4.69, 9.17) is 37.0 Å². The average molecular weight is 1550 g/mol. The number of hydrogen-bond acceptors (Lipinski definition) is 15. The van der Waals surface area contributed by atoms with E-state index in [1.54, 1.807) is 0 Å². The first-order valence-corrected chi connectivity index (χ1v) is 44.7. The van der Waals surface area contributed by atoms with Gasteiger partial charge in [0.05, 0.1) is 26.4 Å². The Labute approximate surface area is 655 Å². The molecule has 0 aliphatic carbocycles. The summed E-state index contributed by atoms with van der Waals surface area (Å²) in [5.74, 6) is -2.34. The number of carbonyl (C=O) groups excluding carboxylic acids is 4. The van der Waals surface area contributed by atoms with Gasteiger partial charge in [-0.15, -0.1) is 0 Å². The summed E-state index contributed by atoms with van der Waals surface area (Å²) < 4.78 is 68.6. The predicted octanol–water partition coefficient (Wildman–Crippen LogP) is 24.8. The highest BCUT2D eigenvalue weighted by atomic mass is 31.2. The number of phosphoric ester groups is 2. The Balaban J connectivity index is 5.50. The number of rotatable bonds is 77. The van der Waals surface area contributed by atoms with Crippen LogP contribution in [0.3, 0.4) is 0 Å². The molecule has 0 aromatic rings. The highest BCUT2D eigenvalue weighted by molar-refractivity contribution is 7.47. The van der Waals surface area contributed by atoms with Crippen LogP contribution in [0.5, 0.6) is 0 Å². The molecule has 19 heteroatoms. The van der Waals surface area contributed by atoms with Crippen molar-refractivity contribution in [2.75, 3.05) is 39.6 Å². The van der Waals surface area contributed by atoms with Crippen LogP contribution in [0, 0.1) is 0 Å². The lowest BCUT2D eigenvalue weighted by Crippen LogP contribution is -2.30. The number of aliphatic hydroxyl groups is 1. The van der Waals surface area contributed by atoms with E-state index < -0.39 is 97.5 Å². The Morgan fingerprint density at radius 1 is 0.269 bits per heavy atom. The van der Waals surface area contributed by atoms with Crippen LogP contribution in [-0.4, -0.2) is 96.7 Å². The summed E-state index contributed by atoms with van der Waals surface area (Å²) in [5, 5.41) is 10.7. The van der Waals surface area contributed by atoms with Gasteiger partial charge in [-0.3, -0.25) is 37.3 Å². The molecule has 108 heavy (non-hydrogen) atoms. The van der Waals surface area contributed by atoms with E-state index in [-0.39, 0.29) is 25.7 Å². The van der Waals surface area contributed by atoms with E-state index >= 15 is 0 Å². The van der Waals surface area contributed by atoms with Gasteiger partial charge < -0.3 is 33.8 Å². The van der Waals surface area contributed by atoms with E-state index in [9.17, 15) is 43.2 Å². The molecule has 0 fully saturated rings. The van der Waals surface area contributed by atoms with Crippen LogP contribution in [0.2, 0.25) is 0 Å². The summed E-state index contributed by atoms with van der Waals surface area (Å²) in [7, 11) is -10.0. The number of carbonyl (C=O) groups is 4. The van der Waals surface area contributed by atoms with E-state index in [1.165, 1.54) is 77.0 Å². The summed E-state index contributed by atoms with van der Waals surface area (Å²) in [6.07, 6.45) is 93.7. The molecular weight excluding hydrogens is 1400 g/mol. The SMILES string of the molecule is CC/C=C\C/C=C\C/C=C\C/C=C\C/C=C\CCCCCC(=O)OC[C@H](COP(=O)(O)OC[C@@H](O)COP(=O)(O)OC[C@@H](COC(=O)CCCCCCC/C=C\CCCCCCCC)OC(=O)CC/C=C\C/C=C\C/C=C\C/C=C\C/C=C\CCCCC)OC(=O)CCCCCCC/C=C\C/C=C\CCCCC. The predicted molar refractivity (Wildman–Crippen MR) is 445 cm³/mol. The topological polar surface area (TPSA) is 237 Å². The fourth-order valence-corrected chi connectivity index (χ4v) is 12.2. The third-order valence-corrected chi connectivity index (χ3v) is 18.9. The van der Waals surface area contributed by atoms with Crippen LogP contribution in [0.4, 0.5) is 0 Å². The zero-order chi connectivity index (χ0) is 78.9. The maximum absolute atomic E-state index is 13.1. The summed E-state index contributed by atoms with van der Waals surface area (Å²) >= 11 is 0. The number of phosphoric acid groups is 2. The maximum Gasteiger partial charge on any atom is 0.472 e. The number of unbranched alkanes of at least 4 members (excludes halogenated alkanes) is 25. The second-order valence-electron chi connectivity index (χ2n) is 27.3. The van der Waals surface area contributed by atoms with Gasteiger partial charge in [-0.25, -0.2) is 9.13 Å². The zero-order valence-electron chi connectivity index (χ0n) is 67.5. The monoisotopic (exact) mass is 1550 g/mol. The van der Waals surface area contributed by atoms with E-state index in [1.807, 2.05) is 18.2 Å². The molecule has 0 spiro atoms. The molecule has 2 unspecified atom stereocenters. The first-order valence-electron chi connectivity index (χ1n) is 41.7. The minimum Gasteiger partial charge on any atom is -0.462 e.